The molecule has 0 radical (unpaired) electrons. The average molecular weight is 551 g/mol. The van der Waals surface area contributed by atoms with Crippen molar-refractivity contribution < 1.29 is 22.3 Å². The van der Waals surface area contributed by atoms with Gasteiger partial charge in [0.25, 0.3) is 0 Å². The molecule has 0 unspecified atom stereocenters. The van der Waals surface area contributed by atoms with Crippen molar-refractivity contribution >= 4 is 38.7 Å². The fourth-order valence-electron chi connectivity index (χ4n) is 5.07. The zero-order chi connectivity index (χ0) is 27.1. The van der Waals surface area contributed by atoms with Crippen LogP contribution in [-0.4, -0.2) is 51.7 Å². The summed E-state index contributed by atoms with van der Waals surface area (Å²) in [6.45, 7) is 0.875. The molecule has 0 atom stereocenters. The van der Waals surface area contributed by atoms with Crippen LogP contribution in [0.25, 0.3) is 22.2 Å². The molecule has 2 fully saturated rings. The molecule has 2 aliphatic rings. The lowest BCUT2D eigenvalue weighted by molar-refractivity contribution is 0.215. The third-order valence-corrected chi connectivity index (χ3v) is 9.63. The molecule has 1 saturated carbocycles. The van der Waals surface area contributed by atoms with Gasteiger partial charge in [-0.3, -0.25) is 5.32 Å². The van der Waals surface area contributed by atoms with Gasteiger partial charge in [0.15, 0.2) is 0 Å². The molecular formula is C27H27FN6O4S. The van der Waals surface area contributed by atoms with E-state index < -0.39 is 21.9 Å². The van der Waals surface area contributed by atoms with Crippen molar-refractivity contribution in [3.05, 3.63) is 66.9 Å². The van der Waals surface area contributed by atoms with E-state index in [1.807, 2.05) is 10.8 Å². The number of carbonyl (C=O) groups excluding carboxylic acids is 1. The largest absolute Gasteiger partial charge is 0.417 e. The minimum Gasteiger partial charge on any atom is -0.410 e. The Morgan fingerprint density at radius 2 is 1.79 bits per heavy atom. The molecule has 1 amide bonds. The number of nitrogens with one attached hydrogen (secondary N) is 1. The Bertz CT molecular complexity index is 1650. The van der Waals surface area contributed by atoms with Crippen LogP contribution < -0.4 is 15.8 Å². The molecule has 3 heterocycles. The molecule has 1 saturated heterocycles. The molecule has 1 aliphatic heterocycles. The van der Waals surface area contributed by atoms with Crippen LogP contribution in [0.3, 0.4) is 0 Å². The van der Waals surface area contributed by atoms with Crippen molar-refractivity contribution in [2.75, 3.05) is 24.1 Å². The molecule has 39 heavy (non-hydrogen) atoms. The van der Waals surface area contributed by atoms with E-state index in [1.165, 1.54) is 18.5 Å². The number of nitrogen functional groups attached to an aromatic ring is 1. The number of nitrogens with zero attached hydrogens (tertiary/aromatic N) is 4. The van der Waals surface area contributed by atoms with E-state index in [0.717, 1.165) is 12.8 Å². The van der Waals surface area contributed by atoms with E-state index >= 15 is 4.39 Å². The summed E-state index contributed by atoms with van der Waals surface area (Å²) >= 11 is 0. The van der Waals surface area contributed by atoms with Crippen LogP contribution in [0.15, 0.2) is 61.1 Å². The number of para-hydroxylation sites is 1. The molecule has 1 aliphatic carbocycles. The Balaban J connectivity index is 1.25. The van der Waals surface area contributed by atoms with Crippen molar-refractivity contribution in [1.82, 2.24) is 18.8 Å². The fourth-order valence-corrected chi connectivity index (χ4v) is 6.95. The summed E-state index contributed by atoms with van der Waals surface area (Å²) in [6.07, 6.45) is 5.18. The molecule has 10 nitrogen and oxygen atoms in total. The van der Waals surface area contributed by atoms with Gasteiger partial charge in [-0.2, -0.15) is 0 Å². The second-order valence-electron chi connectivity index (χ2n) is 9.80. The van der Waals surface area contributed by atoms with Gasteiger partial charge in [-0.15, -0.1) is 0 Å². The van der Waals surface area contributed by atoms with Gasteiger partial charge in [0, 0.05) is 30.9 Å². The number of halogens is 1. The molecular weight excluding hydrogens is 523 g/mol. The smallest absolute Gasteiger partial charge is 0.410 e. The summed E-state index contributed by atoms with van der Waals surface area (Å²) in [5, 5.41) is 2.79. The molecule has 0 spiro atoms. The SMILES string of the molecule is Nc1ncnc2c1c(-c1ccc(NC(=O)Oc3ccccc3)c(F)c1)cn2C1CCN(S(=O)(=O)C2CC2)CC1. The van der Waals surface area contributed by atoms with Gasteiger partial charge in [0.2, 0.25) is 10.0 Å². The van der Waals surface area contributed by atoms with Crippen molar-refractivity contribution in [3.63, 3.8) is 0 Å². The summed E-state index contributed by atoms with van der Waals surface area (Å²) in [4.78, 5) is 20.8. The van der Waals surface area contributed by atoms with Gasteiger partial charge in [0.05, 0.1) is 16.3 Å². The van der Waals surface area contributed by atoms with Crippen LogP contribution in [0.1, 0.15) is 31.7 Å². The highest BCUT2D eigenvalue weighted by atomic mass is 32.2. The number of hydrogen-bond donors (Lipinski definition) is 2. The van der Waals surface area contributed by atoms with E-state index in [0.29, 0.717) is 53.8 Å². The van der Waals surface area contributed by atoms with Crippen molar-refractivity contribution in [3.8, 4) is 16.9 Å². The Morgan fingerprint density at radius 3 is 2.49 bits per heavy atom. The topological polar surface area (TPSA) is 132 Å². The van der Waals surface area contributed by atoms with Gasteiger partial charge >= 0.3 is 6.09 Å². The van der Waals surface area contributed by atoms with Gasteiger partial charge < -0.3 is 15.0 Å². The van der Waals surface area contributed by atoms with E-state index in [9.17, 15) is 13.2 Å². The minimum absolute atomic E-state index is 0.000235. The number of nitrogens with two attached hydrogens (primary N) is 1. The Hall–Kier alpha value is -4.03. The number of carbonyl (C=O) groups is 1. The molecule has 2 aromatic heterocycles. The number of hydrogen-bond acceptors (Lipinski definition) is 7. The van der Waals surface area contributed by atoms with E-state index in [-0.39, 0.29) is 22.8 Å². The number of amides is 1. The van der Waals surface area contributed by atoms with Gasteiger partial charge in [0.1, 0.15) is 29.4 Å². The fraction of sp³-hybridized carbons (Fsp3) is 0.296. The first-order chi connectivity index (χ1) is 18.8. The van der Waals surface area contributed by atoms with Gasteiger partial charge in [-0.25, -0.2) is 31.9 Å². The summed E-state index contributed by atoms with van der Waals surface area (Å²) in [6, 6.07) is 12.9. The summed E-state index contributed by atoms with van der Waals surface area (Å²) in [5.74, 6) is -0.0461. The van der Waals surface area contributed by atoms with Crippen LogP contribution in [0.2, 0.25) is 0 Å². The predicted molar refractivity (Wildman–Crippen MR) is 145 cm³/mol. The third-order valence-electron chi connectivity index (χ3n) is 7.23. The Kier molecular flexibility index (Phi) is 6.43. The number of benzene rings is 2. The van der Waals surface area contributed by atoms with Crippen LogP contribution in [0, 0.1) is 5.82 Å². The zero-order valence-corrected chi connectivity index (χ0v) is 21.8. The van der Waals surface area contributed by atoms with Gasteiger partial charge in [-0.1, -0.05) is 24.3 Å². The number of anilines is 2. The maximum Gasteiger partial charge on any atom is 0.417 e. The van der Waals surface area contributed by atoms with Gasteiger partial charge in [-0.05, 0) is 55.5 Å². The molecule has 12 heteroatoms. The monoisotopic (exact) mass is 550 g/mol. The molecule has 6 rings (SSSR count). The number of sulfonamides is 1. The second-order valence-corrected chi connectivity index (χ2v) is 12.0. The predicted octanol–water partition coefficient (Wildman–Crippen LogP) is 4.56. The first kappa shape index (κ1) is 25.3. The minimum atomic E-state index is -3.22. The van der Waals surface area contributed by atoms with E-state index in [2.05, 4.69) is 15.3 Å². The summed E-state index contributed by atoms with van der Waals surface area (Å²) < 4.78 is 49.2. The Labute approximate surface area is 224 Å². The maximum absolute atomic E-state index is 15.1. The second kappa shape index (κ2) is 9.93. The number of rotatable bonds is 6. The van der Waals surface area contributed by atoms with E-state index in [1.54, 1.807) is 40.7 Å². The van der Waals surface area contributed by atoms with Crippen LogP contribution in [0.5, 0.6) is 5.75 Å². The molecule has 0 bridgehead atoms. The van der Waals surface area contributed by atoms with Crippen LogP contribution >= 0.6 is 0 Å². The number of piperidine rings is 1. The van der Waals surface area contributed by atoms with Crippen molar-refractivity contribution in [2.24, 2.45) is 0 Å². The summed E-state index contributed by atoms with van der Waals surface area (Å²) in [7, 11) is -3.22. The molecule has 202 valence electrons. The van der Waals surface area contributed by atoms with Crippen molar-refractivity contribution in [2.45, 2.75) is 37.0 Å². The third kappa shape index (κ3) is 4.92. The first-order valence-corrected chi connectivity index (χ1v) is 14.3. The quantitative estimate of drug-likeness (QED) is 0.360. The lowest BCUT2D eigenvalue weighted by Gasteiger charge is -2.32. The molecule has 4 aromatic rings. The molecule has 2 aromatic carbocycles. The van der Waals surface area contributed by atoms with Crippen LogP contribution in [0.4, 0.5) is 20.7 Å². The number of fused-ring (bicyclic) bond motifs is 1. The Morgan fingerprint density at radius 1 is 1.05 bits per heavy atom. The summed E-state index contributed by atoms with van der Waals surface area (Å²) in [5.41, 5.74) is 8.00. The number of aromatic nitrogens is 3. The first-order valence-electron chi connectivity index (χ1n) is 12.7. The normalized spacial score (nSPS) is 16.8. The highest BCUT2D eigenvalue weighted by Gasteiger charge is 2.41. The van der Waals surface area contributed by atoms with Crippen molar-refractivity contribution in [1.29, 1.82) is 0 Å². The maximum atomic E-state index is 15.1. The lowest BCUT2D eigenvalue weighted by atomic mass is 10.1. The molecule has 3 N–H and O–H groups in total. The lowest BCUT2D eigenvalue weighted by Crippen LogP contribution is -2.40. The average Bonchev–Trinajstić information content (AvgIpc) is 3.72. The highest BCUT2D eigenvalue weighted by molar-refractivity contribution is 7.90. The zero-order valence-electron chi connectivity index (χ0n) is 21.0. The van der Waals surface area contributed by atoms with E-state index in [4.69, 9.17) is 10.5 Å². The van der Waals surface area contributed by atoms with Crippen LogP contribution in [-0.2, 0) is 10.0 Å². The standard InChI is InChI=1S/C27H27FN6O4S/c28-22-14-17(6-9-23(22)32-27(35)38-19-4-2-1-3-5-19)21-15-34(26-24(21)25(29)30-16-31-26)18-10-12-33(13-11-18)39(36,37)20-7-8-20/h1-6,9,14-16,18,20H,7-8,10-13H2,(H,32,35)(H2,29,30,31). The number of ether oxygens (including phenoxy) is 1. The highest BCUT2D eigenvalue weighted by Crippen LogP contribution is 2.39.